The molecule has 1 saturated heterocycles. The molecule has 1 aromatic heterocycles. The van der Waals surface area contributed by atoms with E-state index in [4.69, 9.17) is 21.3 Å². The van der Waals surface area contributed by atoms with Crippen molar-refractivity contribution < 1.29 is 9.53 Å². The zero-order chi connectivity index (χ0) is 18.3. The Hall–Kier alpha value is -2.27. The fourth-order valence-electron chi connectivity index (χ4n) is 3.58. The van der Waals surface area contributed by atoms with Gasteiger partial charge in [-0.15, -0.1) is 0 Å². The summed E-state index contributed by atoms with van der Waals surface area (Å²) in [6, 6.07) is 7.81. The van der Waals surface area contributed by atoms with E-state index in [-0.39, 0.29) is 12.0 Å². The highest BCUT2D eigenvalue weighted by atomic mass is 35.5. The van der Waals surface area contributed by atoms with Crippen LogP contribution >= 0.6 is 11.6 Å². The SMILES string of the molecule is Cc1ccc(OC2CCN(c3nc4c(cc3C)C(=O)NC4)CC2)cc1Cl. The Kier molecular flexibility index (Phi) is 4.49. The van der Waals surface area contributed by atoms with Crippen molar-refractivity contribution in [1.82, 2.24) is 10.3 Å². The van der Waals surface area contributed by atoms with Crippen molar-refractivity contribution in [3.8, 4) is 5.75 Å². The normalized spacial score (nSPS) is 17.2. The van der Waals surface area contributed by atoms with Gasteiger partial charge in [-0.1, -0.05) is 17.7 Å². The highest BCUT2D eigenvalue weighted by Crippen LogP contribution is 2.28. The number of amides is 1. The third-order valence-electron chi connectivity index (χ3n) is 5.11. The van der Waals surface area contributed by atoms with Gasteiger partial charge in [0.2, 0.25) is 0 Å². The number of fused-ring (bicyclic) bond motifs is 1. The van der Waals surface area contributed by atoms with Crippen molar-refractivity contribution in [1.29, 1.82) is 0 Å². The van der Waals surface area contributed by atoms with Gasteiger partial charge in [-0.3, -0.25) is 4.79 Å². The molecule has 4 rings (SSSR count). The van der Waals surface area contributed by atoms with Crippen LogP contribution in [0.4, 0.5) is 5.82 Å². The molecular weight excluding hydrogens is 350 g/mol. The lowest BCUT2D eigenvalue weighted by atomic mass is 10.1. The number of aryl methyl sites for hydroxylation is 2. The summed E-state index contributed by atoms with van der Waals surface area (Å²) in [5, 5.41) is 3.57. The second-order valence-corrected chi connectivity index (χ2v) is 7.43. The molecule has 2 aromatic rings. The Morgan fingerprint density at radius 2 is 1.96 bits per heavy atom. The van der Waals surface area contributed by atoms with E-state index >= 15 is 0 Å². The predicted molar refractivity (Wildman–Crippen MR) is 102 cm³/mol. The third kappa shape index (κ3) is 3.23. The molecule has 0 bridgehead atoms. The number of carbonyl (C=O) groups is 1. The van der Waals surface area contributed by atoms with E-state index in [9.17, 15) is 4.79 Å². The standard InChI is InChI=1S/C20H22ClN3O2/c1-12-3-4-15(10-17(12)21)26-14-5-7-24(8-6-14)19-13(2)9-16-18(23-19)11-22-20(16)25/h3-4,9-10,14H,5-8,11H2,1-2H3,(H,22,25). The van der Waals surface area contributed by atoms with E-state index in [1.54, 1.807) is 0 Å². The molecule has 0 unspecified atom stereocenters. The van der Waals surface area contributed by atoms with Crippen molar-refractivity contribution >= 4 is 23.3 Å². The first-order valence-electron chi connectivity index (χ1n) is 8.98. The number of nitrogens with one attached hydrogen (secondary N) is 1. The van der Waals surface area contributed by atoms with Gasteiger partial charge in [0.25, 0.3) is 5.91 Å². The van der Waals surface area contributed by atoms with Crippen LogP contribution in [0, 0.1) is 13.8 Å². The van der Waals surface area contributed by atoms with Gasteiger partial charge < -0.3 is 15.0 Å². The molecule has 1 aromatic carbocycles. The fourth-order valence-corrected chi connectivity index (χ4v) is 3.75. The van der Waals surface area contributed by atoms with Gasteiger partial charge in [0, 0.05) is 31.0 Å². The number of hydrogen-bond donors (Lipinski definition) is 1. The maximum atomic E-state index is 11.8. The molecule has 5 nitrogen and oxygen atoms in total. The topological polar surface area (TPSA) is 54.5 Å². The number of halogens is 1. The van der Waals surface area contributed by atoms with Crippen molar-refractivity contribution in [3.63, 3.8) is 0 Å². The molecule has 2 aliphatic heterocycles. The molecular formula is C20H22ClN3O2. The van der Waals surface area contributed by atoms with Gasteiger partial charge in [-0.2, -0.15) is 0 Å². The highest BCUT2D eigenvalue weighted by molar-refractivity contribution is 6.31. The van der Waals surface area contributed by atoms with E-state index in [1.165, 1.54) is 0 Å². The lowest BCUT2D eigenvalue weighted by Gasteiger charge is -2.34. The first-order chi connectivity index (χ1) is 12.5. The van der Waals surface area contributed by atoms with Gasteiger partial charge in [0.15, 0.2) is 0 Å². The van der Waals surface area contributed by atoms with Crippen LogP contribution in [0.3, 0.4) is 0 Å². The molecule has 0 spiro atoms. The summed E-state index contributed by atoms with van der Waals surface area (Å²) in [4.78, 5) is 18.8. The molecule has 0 aliphatic carbocycles. The zero-order valence-corrected chi connectivity index (χ0v) is 15.8. The van der Waals surface area contributed by atoms with E-state index in [2.05, 4.69) is 10.2 Å². The van der Waals surface area contributed by atoms with E-state index in [0.717, 1.165) is 59.3 Å². The minimum atomic E-state index is -0.0222. The monoisotopic (exact) mass is 371 g/mol. The summed E-state index contributed by atoms with van der Waals surface area (Å²) >= 11 is 6.18. The van der Waals surface area contributed by atoms with E-state index in [0.29, 0.717) is 12.1 Å². The molecule has 0 saturated carbocycles. The fraction of sp³-hybridized carbons (Fsp3) is 0.400. The summed E-state index contributed by atoms with van der Waals surface area (Å²) < 4.78 is 6.11. The molecule has 2 aliphatic rings. The van der Waals surface area contributed by atoms with Crippen LogP contribution in [0.15, 0.2) is 24.3 Å². The number of pyridine rings is 1. The average Bonchev–Trinajstić information content (AvgIpc) is 2.98. The maximum Gasteiger partial charge on any atom is 0.253 e. The van der Waals surface area contributed by atoms with Crippen LogP contribution in [0.1, 0.15) is 40.0 Å². The number of anilines is 1. The van der Waals surface area contributed by atoms with Crippen molar-refractivity contribution in [2.45, 2.75) is 39.3 Å². The Morgan fingerprint density at radius 3 is 2.69 bits per heavy atom. The summed E-state index contributed by atoms with van der Waals surface area (Å²) in [6.45, 7) is 6.30. The second kappa shape index (κ2) is 6.80. The maximum absolute atomic E-state index is 11.8. The van der Waals surface area contributed by atoms with Crippen LogP contribution < -0.4 is 15.0 Å². The van der Waals surface area contributed by atoms with Crippen molar-refractivity contribution in [2.24, 2.45) is 0 Å². The summed E-state index contributed by atoms with van der Waals surface area (Å²) in [6.07, 6.45) is 2.05. The van der Waals surface area contributed by atoms with Crippen molar-refractivity contribution in [3.05, 3.63) is 51.7 Å². The molecule has 26 heavy (non-hydrogen) atoms. The molecule has 1 N–H and O–H groups in total. The van der Waals surface area contributed by atoms with Crippen molar-refractivity contribution in [2.75, 3.05) is 18.0 Å². The van der Waals surface area contributed by atoms with E-state index in [1.807, 2.05) is 38.1 Å². The molecule has 136 valence electrons. The third-order valence-corrected chi connectivity index (χ3v) is 5.52. The van der Waals surface area contributed by atoms with Crippen LogP contribution in [-0.2, 0) is 6.54 Å². The van der Waals surface area contributed by atoms with Gasteiger partial charge >= 0.3 is 0 Å². The highest BCUT2D eigenvalue weighted by Gasteiger charge is 2.26. The largest absolute Gasteiger partial charge is 0.490 e. The van der Waals surface area contributed by atoms with Crippen LogP contribution in [0.5, 0.6) is 5.75 Å². The van der Waals surface area contributed by atoms with Crippen LogP contribution in [0.2, 0.25) is 5.02 Å². The number of carbonyl (C=O) groups excluding carboxylic acids is 1. The van der Waals surface area contributed by atoms with Crippen LogP contribution in [0.25, 0.3) is 0 Å². The molecule has 3 heterocycles. The Balaban J connectivity index is 1.42. The smallest absolute Gasteiger partial charge is 0.253 e. The van der Waals surface area contributed by atoms with Gasteiger partial charge in [-0.05, 0) is 43.2 Å². The Morgan fingerprint density at radius 1 is 1.19 bits per heavy atom. The number of nitrogens with zero attached hydrogens (tertiary/aromatic N) is 2. The zero-order valence-electron chi connectivity index (χ0n) is 15.0. The van der Waals surface area contributed by atoms with Gasteiger partial charge in [0.1, 0.15) is 17.7 Å². The molecule has 1 fully saturated rings. The lowest BCUT2D eigenvalue weighted by molar-refractivity contribution is 0.0965. The van der Waals surface area contributed by atoms with Gasteiger partial charge in [-0.25, -0.2) is 4.98 Å². The molecule has 0 radical (unpaired) electrons. The number of rotatable bonds is 3. The number of hydrogen-bond acceptors (Lipinski definition) is 4. The first kappa shape index (κ1) is 17.2. The second-order valence-electron chi connectivity index (χ2n) is 7.02. The Bertz CT molecular complexity index is 860. The average molecular weight is 372 g/mol. The summed E-state index contributed by atoms with van der Waals surface area (Å²) in [5.41, 5.74) is 3.66. The first-order valence-corrected chi connectivity index (χ1v) is 9.35. The molecule has 1 amide bonds. The molecule has 0 atom stereocenters. The summed E-state index contributed by atoms with van der Waals surface area (Å²) in [7, 11) is 0. The summed E-state index contributed by atoms with van der Waals surface area (Å²) in [5.74, 6) is 1.79. The van der Waals surface area contributed by atoms with Crippen LogP contribution in [-0.4, -0.2) is 30.1 Å². The number of benzene rings is 1. The van der Waals surface area contributed by atoms with Gasteiger partial charge in [0.05, 0.1) is 17.8 Å². The number of aromatic nitrogens is 1. The minimum Gasteiger partial charge on any atom is -0.490 e. The Labute approximate surface area is 158 Å². The van der Waals surface area contributed by atoms with E-state index < -0.39 is 0 Å². The predicted octanol–water partition coefficient (Wildman–Crippen LogP) is 3.64. The quantitative estimate of drug-likeness (QED) is 0.894. The lowest BCUT2D eigenvalue weighted by Crippen LogP contribution is -2.39. The number of piperidine rings is 1. The molecule has 6 heteroatoms. The minimum absolute atomic E-state index is 0.0222. The number of ether oxygens (including phenoxy) is 1.